The van der Waals surface area contributed by atoms with Gasteiger partial charge in [-0.2, -0.15) is 9.61 Å². The molecule has 2 aromatic carbocycles. The van der Waals surface area contributed by atoms with E-state index in [1.165, 1.54) is 6.20 Å². The van der Waals surface area contributed by atoms with Crippen LogP contribution in [-0.4, -0.2) is 27.6 Å². The molecule has 2 aromatic heterocycles. The maximum absolute atomic E-state index is 11.7. The third-order valence-corrected chi connectivity index (χ3v) is 4.14. The Labute approximate surface area is 149 Å². The van der Waals surface area contributed by atoms with Gasteiger partial charge in [-0.1, -0.05) is 30.3 Å². The Kier molecular flexibility index (Phi) is 3.81. The van der Waals surface area contributed by atoms with E-state index in [4.69, 9.17) is 10.5 Å². The molecular weight excluding hydrogens is 330 g/mol. The molecule has 1 amide bonds. The Bertz CT molecular complexity index is 1060. The van der Waals surface area contributed by atoms with Gasteiger partial charge in [0.25, 0.3) is 5.91 Å². The lowest BCUT2D eigenvalue weighted by Crippen LogP contribution is -2.10. The second kappa shape index (κ2) is 6.29. The van der Waals surface area contributed by atoms with Crippen molar-refractivity contribution in [1.82, 2.24) is 14.6 Å². The summed E-state index contributed by atoms with van der Waals surface area (Å²) in [5.74, 6) is 0.953. The number of carbonyl (C=O) groups is 1. The lowest BCUT2D eigenvalue weighted by molar-refractivity contribution is 0.100. The van der Waals surface area contributed by atoms with Crippen molar-refractivity contribution in [2.75, 3.05) is 12.4 Å². The zero-order valence-electron chi connectivity index (χ0n) is 14.1. The summed E-state index contributed by atoms with van der Waals surface area (Å²) in [4.78, 5) is 14.9. The number of hydrogen-bond acceptors (Lipinski definition) is 4. The van der Waals surface area contributed by atoms with Crippen LogP contribution in [0.2, 0.25) is 0 Å². The Morgan fingerprint density at radius 1 is 1.15 bits per heavy atom. The molecule has 130 valence electrons. The number of carbonyl (C=O) groups excluding carboxylic acids is 1. The number of H-pyrrole nitrogens is 1. The fourth-order valence-corrected chi connectivity index (χ4v) is 2.84. The molecule has 0 aliphatic rings. The quantitative estimate of drug-likeness (QED) is 0.516. The molecule has 2 heterocycles. The van der Waals surface area contributed by atoms with Crippen molar-refractivity contribution >= 4 is 23.1 Å². The number of hydrogen-bond donors (Lipinski definition) is 3. The summed E-state index contributed by atoms with van der Waals surface area (Å²) >= 11 is 0. The molecule has 0 atom stereocenters. The number of nitrogens with one attached hydrogen (secondary N) is 2. The molecule has 0 fully saturated rings. The van der Waals surface area contributed by atoms with Gasteiger partial charge >= 0.3 is 0 Å². The fraction of sp³-hybridized carbons (Fsp3) is 0.0526. The van der Waals surface area contributed by atoms with Gasteiger partial charge in [0.2, 0.25) is 0 Å². The van der Waals surface area contributed by atoms with Crippen LogP contribution in [0, 0.1) is 0 Å². The highest BCUT2D eigenvalue weighted by Crippen LogP contribution is 2.32. The van der Waals surface area contributed by atoms with Gasteiger partial charge in [-0.25, -0.2) is 0 Å². The molecule has 4 aromatic rings. The molecule has 0 aliphatic heterocycles. The van der Waals surface area contributed by atoms with Crippen molar-refractivity contribution < 1.29 is 9.53 Å². The van der Waals surface area contributed by atoms with Gasteiger partial charge in [0.1, 0.15) is 17.0 Å². The van der Waals surface area contributed by atoms with Crippen LogP contribution in [0.5, 0.6) is 5.75 Å². The van der Waals surface area contributed by atoms with Crippen molar-refractivity contribution in [3.05, 3.63) is 66.4 Å². The Balaban J connectivity index is 1.86. The van der Waals surface area contributed by atoms with E-state index in [0.717, 1.165) is 22.7 Å². The highest BCUT2D eigenvalue weighted by Gasteiger charge is 2.19. The van der Waals surface area contributed by atoms with Crippen LogP contribution in [0.1, 0.15) is 10.4 Å². The zero-order chi connectivity index (χ0) is 18.1. The molecule has 0 unspecified atom stereocenters. The summed E-state index contributed by atoms with van der Waals surface area (Å²) in [6.07, 6.45) is 1.46. The highest BCUT2D eigenvalue weighted by molar-refractivity contribution is 5.99. The van der Waals surface area contributed by atoms with Crippen LogP contribution in [-0.2, 0) is 0 Å². The van der Waals surface area contributed by atoms with Crippen molar-refractivity contribution in [2.24, 2.45) is 5.73 Å². The molecule has 4 rings (SSSR count). The van der Waals surface area contributed by atoms with Crippen LogP contribution < -0.4 is 15.8 Å². The summed E-state index contributed by atoms with van der Waals surface area (Å²) in [7, 11) is 1.63. The van der Waals surface area contributed by atoms with Crippen LogP contribution in [0.15, 0.2) is 60.8 Å². The number of amides is 1. The maximum atomic E-state index is 11.7. The number of rotatable bonds is 5. The number of ether oxygens (including phenoxy) is 1. The van der Waals surface area contributed by atoms with Gasteiger partial charge in [-0.3, -0.25) is 4.79 Å². The molecule has 7 heteroatoms. The Morgan fingerprint density at radius 2 is 1.88 bits per heavy atom. The average Bonchev–Trinajstić information content (AvgIpc) is 3.23. The fourth-order valence-electron chi connectivity index (χ4n) is 2.84. The van der Waals surface area contributed by atoms with Crippen molar-refractivity contribution in [1.29, 1.82) is 0 Å². The predicted octanol–water partition coefficient (Wildman–Crippen LogP) is 3.18. The largest absolute Gasteiger partial charge is 0.497 e. The van der Waals surface area contributed by atoms with Gasteiger partial charge in [-0.05, 0) is 24.3 Å². The molecule has 26 heavy (non-hydrogen) atoms. The second-order valence-electron chi connectivity index (χ2n) is 5.75. The molecule has 0 spiro atoms. The molecule has 0 aliphatic carbocycles. The molecule has 4 N–H and O–H groups in total. The lowest BCUT2D eigenvalue weighted by Gasteiger charge is -2.09. The molecule has 0 bridgehead atoms. The number of methoxy groups -OCH3 is 1. The van der Waals surface area contributed by atoms with Crippen molar-refractivity contribution in [3.8, 4) is 17.0 Å². The first-order valence-corrected chi connectivity index (χ1v) is 8.03. The van der Waals surface area contributed by atoms with E-state index in [2.05, 4.69) is 15.4 Å². The number of aromatic amines is 1. The van der Waals surface area contributed by atoms with Crippen LogP contribution >= 0.6 is 0 Å². The molecular formula is C19H17N5O2. The highest BCUT2D eigenvalue weighted by atomic mass is 16.5. The van der Waals surface area contributed by atoms with E-state index in [1.807, 2.05) is 54.6 Å². The van der Waals surface area contributed by atoms with Gasteiger partial charge < -0.3 is 20.8 Å². The van der Waals surface area contributed by atoms with E-state index in [-0.39, 0.29) is 0 Å². The first kappa shape index (κ1) is 15.8. The summed E-state index contributed by atoms with van der Waals surface area (Å²) < 4.78 is 6.84. The monoisotopic (exact) mass is 347 g/mol. The standard InChI is InChI=1S/C19H17N5O2/c1-26-14-9-7-13(8-10-14)22-19-16(12-5-3-2-4-6-12)23-18-15(17(20)25)11-21-24(18)19/h2-11,22-23H,1H3,(H2,20,25). The van der Waals surface area contributed by atoms with E-state index in [9.17, 15) is 4.79 Å². The van der Waals surface area contributed by atoms with E-state index < -0.39 is 5.91 Å². The summed E-state index contributed by atoms with van der Waals surface area (Å²) in [5.41, 5.74) is 8.98. The number of aromatic nitrogens is 3. The van der Waals surface area contributed by atoms with Gasteiger partial charge in [-0.15, -0.1) is 0 Å². The average molecular weight is 347 g/mol. The topological polar surface area (TPSA) is 97.4 Å². The van der Waals surface area contributed by atoms with E-state index >= 15 is 0 Å². The summed E-state index contributed by atoms with van der Waals surface area (Å²) in [6, 6.07) is 17.4. The molecule has 0 radical (unpaired) electrons. The summed E-state index contributed by atoms with van der Waals surface area (Å²) in [5, 5.41) is 7.67. The SMILES string of the molecule is COc1ccc(Nc2c(-c3ccccc3)[nH]c3c(C(N)=O)cnn23)cc1. The number of nitrogens with zero attached hydrogens (tertiary/aromatic N) is 2. The normalized spacial score (nSPS) is 10.8. The summed E-state index contributed by atoms with van der Waals surface area (Å²) in [6.45, 7) is 0. The number of benzene rings is 2. The van der Waals surface area contributed by atoms with Crippen LogP contribution in [0.3, 0.4) is 0 Å². The van der Waals surface area contributed by atoms with Gasteiger partial charge in [0, 0.05) is 11.3 Å². The molecule has 0 saturated carbocycles. The van der Waals surface area contributed by atoms with Gasteiger partial charge in [0.15, 0.2) is 5.82 Å². The lowest BCUT2D eigenvalue weighted by atomic mass is 10.1. The smallest absolute Gasteiger partial charge is 0.254 e. The van der Waals surface area contributed by atoms with Gasteiger partial charge in [0.05, 0.1) is 19.0 Å². The number of fused-ring (bicyclic) bond motifs is 1. The second-order valence-corrected chi connectivity index (χ2v) is 5.75. The molecule has 7 nitrogen and oxygen atoms in total. The van der Waals surface area contributed by atoms with E-state index in [0.29, 0.717) is 17.0 Å². The number of nitrogens with two attached hydrogens (primary N) is 1. The Hall–Kier alpha value is -3.74. The minimum absolute atomic E-state index is 0.338. The first-order chi connectivity index (χ1) is 12.7. The predicted molar refractivity (Wildman–Crippen MR) is 99.8 cm³/mol. The minimum atomic E-state index is -0.531. The zero-order valence-corrected chi connectivity index (χ0v) is 14.1. The minimum Gasteiger partial charge on any atom is -0.497 e. The Morgan fingerprint density at radius 3 is 2.54 bits per heavy atom. The van der Waals surface area contributed by atoms with Crippen molar-refractivity contribution in [3.63, 3.8) is 0 Å². The van der Waals surface area contributed by atoms with E-state index in [1.54, 1.807) is 11.6 Å². The third kappa shape index (κ3) is 2.65. The first-order valence-electron chi connectivity index (χ1n) is 8.03. The number of primary amides is 1. The maximum Gasteiger partial charge on any atom is 0.254 e. The van der Waals surface area contributed by atoms with Crippen molar-refractivity contribution in [2.45, 2.75) is 0 Å². The number of imidazole rings is 1. The third-order valence-electron chi connectivity index (χ3n) is 4.14. The van der Waals surface area contributed by atoms with Crippen LogP contribution in [0.4, 0.5) is 11.5 Å². The molecule has 0 saturated heterocycles. The number of anilines is 2. The van der Waals surface area contributed by atoms with Crippen LogP contribution in [0.25, 0.3) is 16.9 Å².